The van der Waals surface area contributed by atoms with Crippen molar-refractivity contribution >= 4 is 23.7 Å². The highest BCUT2D eigenvalue weighted by molar-refractivity contribution is 6.01. The van der Waals surface area contributed by atoms with Gasteiger partial charge >= 0.3 is 5.97 Å². The number of hydrogen-bond donors (Lipinski definition) is 1. The minimum absolute atomic E-state index is 0.0824. The number of amides is 3. The zero-order valence-electron chi connectivity index (χ0n) is 11.7. The maximum Gasteiger partial charge on any atom is 0.333 e. The Morgan fingerprint density at radius 3 is 2.52 bits per heavy atom. The number of likely N-dealkylation sites (tertiary alicyclic amines) is 1. The highest BCUT2D eigenvalue weighted by Crippen LogP contribution is 2.18. The molecule has 1 atom stereocenters. The van der Waals surface area contributed by atoms with Crippen molar-refractivity contribution in [2.75, 3.05) is 13.1 Å². The summed E-state index contributed by atoms with van der Waals surface area (Å²) in [4.78, 5) is 52.1. The van der Waals surface area contributed by atoms with Crippen LogP contribution in [0.2, 0.25) is 0 Å². The molecular weight excluding hydrogens is 278 g/mol. The first-order valence-corrected chi connectivity index (χ1v) is 7.09. The third-order valence-electron chi connectivity index (χ3n) is 3.72. The molecule has 0 unspecified atom stereocenters. The molecule has 8 nitrogen and oxygen atoms in total. The first kappa shape index (κ1) is 15.4. The fourth-order valence-electron chi connectivity index (χ4n) is 2.65. The summed E-state index contributed by atoms with van der Waals surface area (Å²) in [7, 11) is 0. The molecule has 2 aliphatic heterocycles. The Balaban J connectivity index is 1.71. The van der Waals surface area contributed by atoms with E-state index in [0.29, 0.717) is 18.0 Å². The van der Waals surface area contributed by atoms with E-state index in [9.17, 15) is 19.2 Å². The largest absolute Gasteiger partial charge is 0.368 e. The lowest BCUT2D eigenvalue weighted by molar-refractivity contribution is -0.197. The standard InChI is InChI=1S/C13H19N3O5/c14-13(20)9-3-1-7-15(9)8-2-4-12(19)21-16-10(17)5-6-11(16)18/h9H,1-8H2,(H2,14,20)/t9-/m0/s1. The van der Waals surface area contributed by atoms with Crippen molar-refractivity contribution < 1.29 is 24.0 Å². The predicted octanol–water partition coefficient (Wildman–Crippen LogP) is -0.676. The highest BCUT2D eigenvalue weighted by Gasteiger charge is 2.33. The van der Waals surface area contributed by atoms with E-state index >= 15 is 0 Å². The van der Waals surface area contributed by atoms with E-state index in [0.717, 1.165) is 19.4 Å². The van der Waals surface area contributed by atoms with Crippen LogP contribution in [-0.2, 0) is 24.0 Å². The van der Waals surface area contributed by atoms with Gasteiger partial charge in [0.05, 0.1) is 6.04 Å². The Bertz CT molecular complexity index is 449. The Morgan fingerprint density at radius 1 is 1.24 bits per heavy atom. The number of primary amides is 1. The minimum atomic E-state index is -0.617. The molecule has 8 heteroatoms. The van der Waals surface area contributed by atoms with E-state index in [1.54, 1.807) is 0 Å². The molecule has 0 aromatic rings. The zero-order chi connectivity index (χ0) is 15.4. The number of nitrogens with two attached hydrogens (primary N) is 1. The molecule has 21 heavy (non-hydrogen) atoms. The van der Waals surface area contributed by atoms with Crippen molar-refractivity contribution in [2.24, 2.45) is 5.73 Å². The molecule has 2 fully saturated rings. The average molecular weight is 297 g/mol. The van der Waals surface area contributed by atoms with Gasteiger partial charge in [-0.1, -0.05) is 0 Å². The normalized spacial score (nSPS) is 22.9. The molecular formula is C13H19N3O5. The first-order valence-electron chi connectivity index (χ1n) is 7.09. The monoisotopic (exact) mass is 297 g/mol. The molecule has 0 radical (unpaired) electrons. The van der Waals surface area contributed by atoms with Gasteiger partial charge in [0, 0.05) is 19.3 Å². The van der Waals surface area contributed by atoms with Gasteiger partial charge in [0.2, 0.25) is 5.91 Å². The zero-order valence-corrected chi connectivity index (χ0v) is 11.7. The molecule has 2 aliphatic rings. The van der Waals surface area contributed by atoms with Crippen LogP contribution in [0.25, 0.3) is 0 Å². The van der Waals surface area contributed by atoms with Gasteiger partial charge in [-0.3, -0.25) is 19.3 Å². The highest BCUT2D eigenvalue weighted by atomic mass is 16.7. The maximum atomic E-state index is 11.6. The molecule has 2 N–H and O–H groups in total. The molecule has 2 rings (SSSR count). The molecule has 0 aliphatic carbocycles. The number of hydroxylamine groups is 2. The van der Waals surface area contributed by atoms with Crippen LogP contribution in [0.5, 0.6) is 0 Å². The Hall–Kier alpha value is -1.96. The van der Waals surface area contributed by atoms with Crippen LogP contribution in [0.3, 0.4) is 0 Å². The third kappa shape index (κ3) is 3.78. The Kier molecular flexibility index (Phi) is 4.89. The van der Waals surface area contributed by atoms with Crippen molar-refractivity contribution in [1.29, 1.82) is 0 Å². The van der Waals surface area contributed by atoms with E-state index in [-0.39, 0.29) is 31.2 Å². The lowest BCUT2D eigenvalue weighted by atomic mass is 10.2. The summed E-state index contributed by atoms with van der Waals surface area (Å²) >= 11 is 0. The van der Waals surface area contributed by atoms with Gasteiger partial charge in [0.15, 0.2) is 0 Å². The first-order chi connectivity index (χ1) is 9.99. The van der Waals surface area contributed by atoms with E-state index < -0.39 is 17.8 Å². The van der Waals surface area contributed by atoms with Gasteiger partial charge in [-0.15, -0.1) is 5.06 Å². The van der Waals surface area contributed by atoms with Gasteiger partial charge in [-0.2, -0.15) is 0 Å². The number of hydrogen-bond acceptors (Lipinski definition) is 6. The fraction of sp³-hybridized carbons (Fsp3) is 0.692. The third-order valence-corrected chi connectivity index (χ3v) is 3.72. The summed E-state index contributed by atoms with van der Waals surface area (Å²) in [6, 6.07) is -0.261. The SMILES string of the molecule is NC(=O)[C@@H]1CCCN1CCCC(=O)ON1C(=O)CCC1=O. The fourth-order valence-corrected chi connectivity index (χ4v) is 2.65. The summed E-state index contributed by atoms with van der Waals surface area (Å²) < 4.78 is 0. The average Bonchev–Trinajstić information content (AvgIpc) is 3.01. The van der Waals surface area contributed by atoms with Gasteiger partial charge in [0.1, 0.15) is 0 Å². The van der Waals surface area contributed by atoms with E-state index in [1.165, 1.54) is 0 Å². The second-order valence-electron chi connectivity index (χ2n) is 5.25. The van der Waals surface area contributed by atoms with Crippen LogP contribution in [-0.4, -0.2) is 52.8 Å². The van der Waals surface area contributed by atoms with E-state index in [1.807, 2.05) is 4.90 Å². The second kappa shape index (κ2) is 6.66. The summed E-state index contributed by atoms with van der Waals surface area (Å²) in [5, 5.41) is 0.546. The van der Waals surface area contributed by atoms with Gasteiger partial charge < -0.3 is 10.6 Å². The molecule has 0 spiro atoms. The van der Waals surface area contributed by atoms with Crippen LogP contribution < -0.4 is 5.73 Å². The van der Waals surface area contributed by atoms with Crippen LogP contribution in [0.15, 0.2) is 0 Å². The van der Waals surface area contributed by atoms with Gasteiger partial charge in [-0.25, -0.2) is 4.79 Å². The maximum absolute atomic E-state index is 11.6. The van der Waals surface area contributed by atoms with Gasteiger partial charge in [-0.05, 0) is 32.4 Å². The molecule has 3 amide bonds. The number of nitrogens with zero attached hydrogens (tertiary/aromatic N) is 2. The Labute approximate surface area is 122 Å². The number of rotatable bonds is 6. The van der Waals surface area contributed by atoms with Crippen LogP contribution >= 0.6 is 0 Å². The van der Waals surface area contributed by atoms with Crippen molar-refractivity contribution in [1.82, 2.24) is 9.96 Å². The Morgan fingerprint density at radius 2 is 1.90 bits per heavy atom. The summed E-state index contributed by atoms with van der Waals surface area (Å²) in [5.41, 5.74) is 5.31. The smallest absolute Gasteiger partial charge is 0.333 e. The van der Waals surface area contributed by atoms with Crippen molar-refractivity contribution in [3.8, 4) is 0 Å². The number of carbonyl (C=O) groups is 4. The molecule has 0 saturated carbocycles. The summed E-state index contributed by atoms with van der Waals surface area (Å²) in [6.07, 6.45) is 2.39. The van der Waals surface area contributed by atoms with Crippen LogP contribution in [0, 0.1) is 0 Å². The number of imide groups is 1. The molecule has 2 heterocycles. The summed E-state index contributed by atoms with van der Waals surface area (Å²) in [5.74, 6) is -1.93. The molecule has 116 valence electrons. The number of carbonyl (C=O) groups excluding carboxylic acids is 4. The molecule has 0 bridgehead atoms. The molecule has 2 saturated heterocycles. The predicted molar refractivity (Wildman–Crippen MR) is 70.2 cm³/mol. The van der Waals surface area contributed by atoms with Crippen LogP contribution in [0.4, 0.5) is 0 Å². The molecule has 0 aromatic carbocycles. The summed E-state index contributed by atoms with van der Waals surface area (Å²) in [6.45, 7) is 1.34. The topological polar surface area (TPSA) is 110 Å². The van der Waals surface area contributed by atoms with E-state index in [2.05, 4.69) is 0 Å². The molecule has 0 aromatic heterocycles. The lowest BCUT2D eigenvalue weighted by Crippen LogP contribution is -2.40. The van der Waals surface area contributed by atoms with Crippen molar-refractivity contribution in [3.05, 3.63) is 0 Å². The van der Waals surface area contributed by atoms with Crippen molar-refractivity contribution in [3.63, 3.8) is 0 Å². The minimum Gasteiger partial charge on any atom is -0.368 e. The second-order valence-corrected chi connectivity index (χ2v) is 5.25. The van der Waals surface area contributed by atoms with E-state index in [4.69, 9.17) is 10.6 Å². The van der Waals surface area contributed by atoms with Gasteiger partial charge in [0.25, 0.3) is 11.8 Å². The quantitative estimate of drug-likeness (QED) is 0.651. The van der Waals surface area contributed by atoms with Crippen LogP contribution in [0.1, 0.15) is 38.5 Å². The van der Waals surface area contributed by atoms with Crippen molar-refractivity contribution in [2.45, 2.75) is 44.6 Å². The lowest BCUT2D eigenvalue weighted by Gasteiger charge is -2.21.